The van der Waals surface area contributed by atoms with Gasteiger partial charge >= 0.3 is 0 Å². The first-order valence-corrected chi connectivity index (χ1v) is 25.8. The highest BCUT2D eigenvalue weighted by molar-refractivity contribution is 5.60. The zero-order chi connectivity index (χ0) is 56.2. The van der Waals surface area contributed by atoms with Crippen molar-refractivity contribution < 1.29 is 77.5 Å². The fourth-order valence-corrected chi connectivity index (χ4v) is 8.87. The van der Waals surface area contributed by atoms with Crippen LogP contribution in [-0.2, 0) is 85.5 Å². The van der Waals surface area contributed by atoms with Crippen LogP contribution in [0.3, 0.4) is 0 Å². The number of hydrogen-bond donors (Lipinski definition) is 4. The second-order valence-corrected chi connectivity index (χ2v) is 23.8. The molecular weight excluding hydrogens is 977 g/mol. The lowest BCUT2D eigenvalue weighted by Gasteiger charge is -2.30. The van der Waals surface area contributed by atoms with E-state index in [2.05, 4.69) is 132 Å². The average molecular weight is 1060 g/mol. The first-order chi connectivity index (χ1) is 35.7. The first-order valence-electron chi connectivity index (χ1n) is 25.8. The third-order valence-corrected chi connectivity index (χ3v) is 13.1. The van der Waals surface area contributed by atoms with E-state index < -0.39 is 46.1 Å². The zero-order valence-corrected chi connectivity index (χ0v) is 46.4. The van der Waals surface area contributed by atoms with Crippen molar-refractivity contribution in [2.75, 3.05) is 52.9 Å². The summed E-state index contributed by atoms with van der Waals surface area (Å²) in [4.78, 5) is 44.9. The van der Waals surface area contributed by atoms with Gasteiger partial charge in [0.15, 0.2) is 0 Å². The maximum atomic E-state index is 11.2. The quantitative estimate of drug-likeness (QED) is 0.0354. The number of hydrogen-bond acceptors (Lipinski definition) is 16. The van der Waals surface area contributed by atoms with Gasteiger partial charge in [0.1, 0.15) is 100 Å². The maximum absolute atomic E-state index is 11.2. The Labute approximate surface area is 447 Å². The van der Waals surface area contributed by atoms with Crippen LogP contribution >= 0.6 is 0 Å². The highest BCUT2D eigenvalue weighted by Crippen LogP contribution is 2.44. The zero-order valence-electron chi connectivity index (χ0n) is 46.4. The summed E-state index contributed by atoms with van der Waals surface area (Å²) in [5.74, 6) is 1.83. The van der Waals surface area contributed by atoms with Gasteiger partial charge in [0, 0.05) is 25.7 Å². The van der Waals surface area contributed by atoms with E-state index in [1.807, 2.05) is 0 Å². The summed E-state index contributed by atoms with van der Waals surface area (Å²) in [6.07, 6.45) is -3.94. The van der Waals surface area contributed by atoms with E-state index in [4.69, 9.17) is 37.9 Å². The Kier molecular flexibility index (Phi) is 20.9. The molecule has 4 atom stereocenters. The van der Waals surface area contributed by atoms with E-state index in [1.165, 1.54) is 0 Å². The van der Waals surface area contributed by atoms with Gasteiger partial charge in [-0.1, -0.05) is 132 Å². The third kappa shape index (κ3) is 16.9. The Morgan fingerprint density at radius 3 is 0.618 bits per heavy atom. The molecule has 0 radical (unpaired) electrons. The molecule has 1 aliphatic carbocycles. The molecule has 4 unspecified atom stereocenters. The number of aliphatic hydroxyl groups excluding tert-OH is 4. The predicted octanol–water partition coefficient (Wildman–Crippen LogP) is 7.20. The second-order valence-electron chi connectivity index (χ2n) is 23.8. The fourth-order valence-electron chi connectivity index (χ4n) is 8.87. The predicted molar refractivity (Wildman–Crippen MR) is 286 cm³/mol. The number of rotatable bonds is 24. The van der Waals surface area contributed by atoms with Gasteiger partial charge in [0.05, 0.1) is 0 Å². The summed E-state index contributed by atoms with van der Waals surface area (Å²) < 4.78 is 46.7. The van der Waals surface area contributed by atoms with Crippen LogP contribution in [0.1, 0.15) is 150 Å². The second kappa shape index (κ2) is 26.2. The maximum Gasteiger partial charge on any atom is 0.293 e. The lowest BCUT2D eigenvalue weighted by atomic mass is 9.79. The molecule has 0 amide bonds. The van der Waals surface area contributed by atoms with Gasteiger partial charge in [0.2, 0.25) is 0 Å². The van der Waals surface area contributed by atoms with Gasteiger partial charge in [-0.25, -0.2) is 0 Å². The van der Waals surface area contributed by atoms with Crippen molar-refractivity contribution in [1.82, 2.24) is 0 Å². The average Bonchev–Trinajstić information content (AvgIpc) is 3.33. The standard InChI is InChI=1S/C60H80O16/c1-57(2,3)45-17-37-13-39-19-46(58(4,5)6)21-41(54(39)74-30-50(66)26-70-34-62)15-43-23-48(60(10,11)12)24-44(56(43)76-32-52(68)28-72-36-64)16-42-22-47(59(7,8)9)20-40(55(42)75-31-51(67)27-71-35-63)14-38(18-45)53(37)73-29-49(65)25-69-33-61/h17-24,33-36,49-52,65-68H,13-16,25-32H2,1-12H3. The lowest BCUT2D eigenvalue weighted by molar-refractivity contribution is -0.132. The van der Waals surface area contributed by atoms with E-state index in [0.29, 0.717) is 23.0 Å². The number of carbonyl (C=O) groups excluding carboxylic acids is 4. The lowest BCUT2D eigenvalue weighted by Crippen LogP contribution is -2.25. The SMILES string of the molecule is CC(C)(C)c1cc2c(OCC(O)COC=O)c(c1)Cc1cc(C(C)(C)C)cc(c1OCC(O)COC=O)Cc1cc(C(C)(C)C)cc(c1OCC(O)COC=O)Cc1cc(C(C)(C)C)cc(c1OCC(O)COC=O)C2. The van der Waals surface area contributed by atoms with Gasteiger partial charge in [-0.05, 0) is 88.4 Å². The van der Waals surface area contributed by atoms with Crippen LogP contribution in [0.25, 0.3) is 0 Å². The number of benzene rings is 4. The molecule has 0 aliphatic heterocycles. The number of ether oxygens (including phenoxy) is 8. The number of fused-ring (bicyclic) bond motifs is 8. The van der Waals surface area contributed by atoms with Crippen molar-refractivity contribution in [1.29, 1.82) is 0 Å². The minimum absolute atomic E-state index is 0.208. The molecule has 5 rings (SSSR count). The number of aliphatic hydroxyl groups is 4. The molecule has 0 aromatic heterocycles. The Morgan fingerprint density at radius 1 is 0.329 bits per heavy atom. The normalized spacial score (nSPS) is 14.5. The molecule has 1 aliphatic rings. The molecule has 0 fully saturated rings. The molecule has 16 heteroatoms. The highest BCUT2D eigenvalue weighted by atomic mass is 16.6. The minimum Gasteiger partial charge on any atom is -0.490 e. The van der Waals surface area contributed by atoms with Gasteiger partial charge in [-0.3, -0.25) is 19.2 Å². The Balaban J connectivity index is 2.02. The van der Waals surface area contributed by atoms with Crippen molar-refractivity contribution in [3.63, 3.8) is 0 Å². The Hall–Kier alpha value is -6.20. The molecule has 0 saturated heterocycles. The molecule has 0 heterocycles. The van der Waals surface area contributed by atoms with Crippen molar-refractivity contribution in [3.05, 3.63) is 115 Å². The van der Waals surface area contributed by atoms with Crippen LogP contribution in [0.15, 0.2) is 48.5 Å². The van der Waals surface area contributed by atoms with Crippen molar-refractivity contribution >= 4 is 25.9 Å². The van der Waals surface area contributed by atoms with Crippen molar-refractivity contribution in [2.24, 2.45) is 0 Å². The van der Waals surface area contributed by atoms with Crippen LogP contribution in [0, 0.1) is 0 Å². The molecule has 4 aromatic rings. The molecule has 0 saturated carbocycles. The van der Waals surface area contributed by atoms with Crippen LogP contribution in [-0.4, -0.2) is 124 Å². The van der Waals surface area contributed by atoms with Crippen molar-refractivity contribution in [3.8, 4) is 23.0 Å². The molecule has 16 nitrogen and oxygen atoms in total. The molecule has 76 heavy (non-hydrogen) atoms. The molecule has 416 valence electrons. The smallest absolute Gasteiger partial charge is 0.293 e. The van der Waals surface area contributed by atoms with E-state index in [1.54, 1.807) is 0 Å². The van der Waals surface area contributed by atoms with Crippen LogP contribution in [0.5, 0.6) is 23.0 Å². The van der Waals surface area contributed by atoms with E-state index in [-0.39, 0.29) is 104 Å². The molecule has 0 spiro atoms. The van der Waals surface area contributed by atoms with Gasteiger partial charge in [-0.2, -0.15) is 0 Å². The van der Waals surface area contributed by atoms with Crippen LogP contribution in [0.2, 0.25) is 0 Å². The minimum atomic E-state index is -1.19. The number of carbonyl (C=O) groups is 4. The fraction of sp³-hybridized carbons (Fsp3) is 0.533. The molecule has 8 bridgehead atoms. The summed E-state index contributed by atoms with van der Waals surface area (Å²) in [6.45, 7) is 24.2. The summed E-state index contributed by atoms with van der Waals surface area (Å²) in [5.41, 5.74) is 8.09. The highest BCUT2D eigenvalue weighted by Gasteiger charge is 2.30. The van der Waals surface area contributed by atoms with E-state index in [9.17, 15) is 39.6 Å². The summed E-state index contributed by atoms with van der Waals surface area (Å²) in [7, 11) is 0. The van der Waals surface area contributed by atoms with Gasteiger partial charge in [-0.15, -0.1) is 0 Å². The van der Waals surface area contributed by atoms with Crippen molar-refractivity contribution in [2.45, 2.75) is 155 Å². The summed E-state index contributed by atoms with van der Waals surface area (Å²) in [5, 5.41) is 44.5. The van der Waals surface area contributed by atoms with E-state index >= 15 is 0 Å². The molecule has 4 aromatic carbocycles. The monoisotopic (exact) mass is 1060 g/mol. The Morgan fingerprint density at radius 2 is 0.487 bits per heavy atom. The van der Waals surface area contributed by atoms with Crippen LogP contribution < -0.4 is 18.9 Å². The van der Waals surface area contributed by atoms with Crippen LogP contribution in [0.4, 0.5) is 0 Å². The van der Waals surface area contributed by atoms with E-state index in [0.717, 1.165) is 66.8 Å². The molecule has 4 N–H and O–H groups in total. The summed E-state index contributed by atoms with van der Waals surface area (Å²) in [6, 6.07) is 16.7. The first kappa shape index (κ1) is 60.7. The topological polar surface area (TPSA) is 223 Å². The Bertz CT molecular complexity index is 2160. The van der Waals surface area contributed by atoms with Gasteiger partial charge < -0.3 is 58.3 Å². The summed E-state index contributed by atoms with van der Waals surface area (Å²) >= 11 is 0. The largest absolute Gasteiger partial charge is 0.490 e. The van der Waals surface area contributed by atoms with Gasteiger partial charge in [0.25, 0.3) is 25.9 Å². The third-order valence-electron chi connectivity index (χ3n) is 13.1. The molecular formula is C60H80O16.